The molecule has 2 aromatic carbocycles. The van der Waals surface area contributed by atoms with Gasteiger partial charge < -0.3 is 21.1 Å². The zero-order valence-corrected chi connectivity index (χ0v) is 21.5. The third-order valence-electron chi connectivity index (χ3n) is 6.07. The molecule has 0 saturated heterocycles. The third-order valence-corrected chi connectivity index (χ3v) is 6.46. The minimum Gasteiger partial charge on any atom is -0.389 e. The van der Waals surface area contributed by atoms with Crippen LogP contribution in [0.1, 0.15) is 42.6 Å². The SMILES string of the molecule is Cc1cc(-c2cnc3c(NCC(C)(C)O)cc(Nc4cccc(F)c4Cl)nn23)ccc1C(=O)NC1CC1. The molecule has 192 valence electrons. The van der Waals surface area contributed by atoms with Crippen LogP contribution in [0.15, 0.2) is 48.7 Å². The van der Waals surface area contributed by atoms with Crippen LogP contribution < -0.4 is 16.0 Å². The summed E-state index contributed by atoms with van der Waals surface area (Å²) in [6.07, 6.45) is 3.75. The van der Waals surface area contributed by atoms with Crippen molar-refractivity contribution in [2.75, 3.05) is 17.2 Å². The Labute approximate surface area is 218 Å². The van der Waals surface area contributed by atoms with E-state index in [4.69, 9.17) is 16.7 Å². The Bertz CT molecular complexity index is 1490. The molecular weight excluding hydrogens is 495 g/mol. The normalized spacial score (nSPS) is 13.6. The van der Waals surface area contributed by atoms with Gasteiger partial charge in [0.05, 0.1) is 33.9 Å². The summed E-state index contributed by atoms with van der Waals surface area (Å²) in [4.78, 5) is 17.2. The lowest BCUT2D eigenvalue weighted by Crippen LogP contribution is -2.29. The van der Waals surface area contributed by atoms with Gasteiger partial charge in [0, 0.05) is 29.8 Å². The van der Waals surface area contributed by atoms with Crippen LogP contribution in [0.4, 0.5) is 21.6 Å². The molecule has 1 aliphatic carbocycles. The monoisotopic (exact) mass is 522 g/mol. The van der Waals surface area contributed by atoms with Crippen LogP contribution in [-0.4, -0.2) is 43.8 Å². The molecule has 1 saturated carbocycles. The van der Waals surface area contributed by atoms with E-state index in [2.05, 4.69) is 20.9 Å². The van der Waals surface area contributed by atoms with E-state index in [0.29, 0.717) is 34.1 Å². The van der Waals surface area contributed by atoms with E-state index >= 15 is 0 Å². The van der Waals surface area contributed by atoms with E-state index in [9.17, 15) is 14.3 Å². The van der Waals surface area contributed by atoms with Gasteiger partial charge in [-0.1, -0.05) is 23.7 Å². The summed E-state index contributed by atoms with van der Waals surface area (Å²) in [6, 6.07) is 12.1. The number of hydrogen-bond acceptors (Lipinski definition) is 6. The summed E-state index contributed by atoms with van der Waals surface area (Å²) < 4.78 is 15.7. The summed E-state index contributed by atoms with van der Waals surface area (Å²) in [5.74, 6) is -0.216. The Balaban J connectivity index is 1.55. The maximum Gasteiger partial charge on any atom is 0.251 e. The molecular formula is C27H28ClFN6O2. The fraction of sp³-hybridized carbons (Fsp3) is 0.296. The number of aliphatic hydroxyl groups is 1. The van der Waals surface area contributed by atoms with E-state index in [1.54, 1.807) is 42.8 Å². The Morgan fingerprint density at radius 3 is 2.70 bits per heavy atom. The molecule has 10 heteroatoms. The highest BCUT2D eigenvalue weighted by atomic mass is 35.5. The maximum absolute atomic E-state index is 14.0. The fourth-order valence-corrected chi connectivity index (χ4v) is 4.15. The number of nitrogens with one attached hydrogen (secondary N) is 3. The van der Waals surface area contributed by atoms with Crippen LogP contribution in [0.3, 0.4) is 0 Å². The van der Waals surface area contributed by atoms with Gasteiger partial charge in [-0.2, -0.15) is 0 Å². The van der Waals surface area contributed by atoms with Gasteiger partial charge >= 0.3 is 0 Å². The predicted octanol–water partition coefficient (Wildman–Crippen LogP) is 5.32. The molecule has 1 fully saturated rings. The third kappa shape index (κ3) is 5.52. The summed E-state index contributed by atoms with van der Waals surface area (Å²) in [5, 5.41) is 24.2. The highest BCUT2D eigenvalue weighted by Gasteiger charge is 2.25. The number of benzene rings is 2. The first-order valence-corrected chi connectivity index (χ1v) is 12.4. The highest BCUT2D eigenvalue weighted by Crippen LogP contribution is 2.31. The maximum atomic E-state index is 14.0. The first-order chi connectivity index (χ1) is 17.6. The quantitative estimate of drug-likeness (QED) is 0.250. The van der Waals surface area contributed by atoms with Crippen LogP contribution >= 0.6 is 11.6 Å². The zero-order chi connectivity index (χ0) is 26.3. The number of aryl methyl sites for hydroxylation is 1. The van der Waals surface area contributed by atoms with Gasteiger partial charge in [-0.25, -0.2) is 13.9 Å². The van der Waals surface area contributed by atoms with Crippen LogP contribution in [0.5, 0.6) is 0 Å². The van der Waals surface area contributed by atoms with E-state index in [1.165, 1.54) is 6.07 Å². The highest BCUT2D eigenvalue weighted by molar-refractivity contribution is 6.33. The second kappa shape index (κ2) is 9.64. The van der Waals surface area contributed by atoms with Gasteiger partial charge in [0.1, 0.15) is 5.82 Å². The molecule has 1 aliphatic rings. The lowest BCUT2D eigenvalue weighted by atomic mass is 10.0. The standard InChI is InChI=1S/C27H28ClFN6O2/c1-15-11-16(7-10-18(15)26(36)32-17-8-9-17)22-13-30-25-21(31-14-27(2,3)37)12-23(34-35(22)25)33-20-6-4-5-19(29)24(20)28/h4-7,10-13,17,31,37H,8-9,14H2,1-3H3,(H,32,36)(H,33,34). The van der Waals surface area contributed by atoms with Gasteiger partial charge in [0.15, 0.2) is 11.5 Å². The lowest BCUT2D eigenvalue weighted by molar-refractivity contribution is 0.0940. The number of aromatic nitrogens is 3. The van der Waals surface area contributed by atoms with Crippen LogP contribution in [-0.2, 0) is 0 Å². The van der Waals surface area contributed by atoms with Gasteiger partial charge in [-0.3, -0.25) is 4.79 Å². The average Bonchev–Trinajstić information content (AvgIpc) is 3.55. The second-order valence-electron chi connectivity index (χ2n) is 9.99. The summed E-state index contributed by atoms with van der Waals surface area (Å²) in [7, 11) is 0. The first kappa shape index (κ1) is 25.0. The number of halogens is 2. The van der Waals surface area contributed by atoms with Crippen LogP contribution in [0, 0.1) is 12.7 Å². The van der Waals surface area contributed by atoms with Crippen molar-refractivity contribution in [3.8, 4) is 11.3 Å². The molecule has 0 radical (unpaired) electrons. The molecule has 0 aliphatic heterocycles. The molecule has 0 atom stereocenters. The van der Waals surface area contributed by atoms with E-state index in [0.717, 1.165) is 24.0 Å². The summed E-state index contributed by atoms with van der Waals surface area (Å²) >= 11 is 6.16. The Kier molecular flexibility index (Phi) is 6.51. The van der Waals surface area contributed by atoms with E-state index in [1.807, 2.05) is 25.1 Å². The lowest BCUT2D eigenvalue weighted by Gasteiger charge is -2.19. The molecule has 2 aromatic heterocycles. The van der Waals surface area contributed by atoms with Crippen molar-refractivity contribution in [3.63, 3.8) is 0 Å². The minimum atomic E-state index is -0.969. The Hall–Kier alpha value is -3.69. The number of rotatable bonds is 8. The molecule has 4 N–H and O–H groups in total. The molecule has 8 nitrogen and oxygen atoms in total. The number of fused-ring (bicyclic) bond motifs is 1. The molecule has 37 heavy (non-hydrogen) atoms. The van der Waals surface area contributed by atoms with Gasteiger partial charge in [0.2, 0.25) is 0 Å². The molecule has 2 heterocycles. The molecule has 4 aromatic rings. The summed E-state index contributed by atoms with van der Waals surface area (Å²) in [6.45, 7) is 5.56. The number of hydrogen-bond donors (Lipinski definition) is 4. The summed E-state index contributed by atoms with van der Waals surface area (Å²) in [5.41, 5.74) is 3.56. The van der Waals surface area contributed by atoms with Crippen molar-refractivity contribution < 1.29 is 14.3 Å². The van der Waals surface area contributed by atoms with Crippen molar-refractivity contribution in [1.82, 2.24) is 19.9 Å². The van der Waals surface area contributed by atoms with Crippen LogP contribution in [0.25, 0.3) is 16.9 Å². The molecule has 0 bridgehead atoms. The number of nitrogens with zero attached hydrogens (tertiary/aromatic N) is 3. The fourth-order valence-electron chi connectivity index (χ4n) is 3.97. The smallest absolute Gasteiger partial charge is 0.251 e. The Morgan fingerprint density at radius 1 is 1.22 bits per heavy atom. The number of amides is 1. The van der Waals surface area contributed by atoms with Crippen molar-refractivity contribution in [1.29, 1.82) is 0 Å². The van der Waals surface area contributed by atoms with Gasteiger partial charge in [-0.15, -0.1) is 5.10 Å². The minimum absolute atomic E-state index is 0.0445. The topological polar surface area (TPSA) is 104 Å². The second-order valence-corrected chi connectivity index (χ2v) is 10.4. The van der Waals surface area contributed by atoms with Crippen molar-refractivity contribution in [2.45, 2.75) is 45.3 Å². The predicted molar refractivity (Wildman–Crippen MR) is 143 cm³/mol. The first-order valence-electron chi connectivity index (χ1n) is 12.1. The Morgan fingerprint density at radius 2 is 2.00 bits per heavy atom. The van der Waals surface area contributed by atoms with Crippen molar-refractivity contribution >= 4 is 40.3 Å². The number of carbonyl (C=O) groups is 1. The van der Waals surface area contributed by atoms with Gasteiger partial charge in [0.25, 0.3) is 5.91 Å². The molecule has 0 unspecified atom stereocenters. The average molecular weight is 523 g/mol. The van der Waals surface area contributed by atoms with Gasteiger partial charge in [-0.05, 0) is 63.4 Å². The largest absolute Gasteiger partial charge is 0.389 e. The number of imidazole rings is 1. The zero-order valence-electron chi connectivity index (χ0n) is 20.8. The van der Waals surface area contributed by atoms with Crippen molar-refractivity contribution in [3.05, 3.63) is 70.6 Å². The molecule has 0 spiro atoms. The molecule has 5 rings (SSSR count). The molecule has 1 amide bonds. The van der Waals surface area contributed by atoms with E-state index < -0.39 is 11.4 Å². The number of carbonyl (C=O) groups excluding carboxylic acids is 1. The number of anilines is 3. The van der Waals surface area contributed by atoms with E-state index in [-0.39, 0.29) is 23.5 Å². The van der Waals surface area contributed by atoms with Crippen molar-refractivity contribution in [2.24, 2.45) is 0 Å². The van der Waals surface area contributed by atoms with Crippen LogP contribution in [0.2, 0.25) is 5.02 Å².